The summed E-state index contributed by atoms with van der Waals surface area (Å²) in [5.74, 6) is 2.68. The maximum atomic E-state index is 12.8. The topological polar surface area (TPSA) is 78.5 Å². The van der Waals surface area contributed by atoms with E-state index in [4.69, 9.17) is 23.7 Å². The van der Waals surface area contributed by atoms with Crippen LogP contribution in [0.2, 0.25) is 0 Å². The number of nitrogens with zero attached hydrogens (tertiary/aromatic N) is 1. The molecule has 0 fully saturated rings. The molecule has 1 aliphatic rings. The second-order valence-electron chi connectivity index (χ2n) is 7.94. The van der Waals surface area contributed by atoms with E-state index < -0.39 is 6.09 Å². The Morgan fingerprint density at radius 1 is 0.971 bits per heavy atom. The van der Waals surface area contributed by atoms with Gasteiger partial charge in [0, 0.05) is 25.7 Å². The second kappa shape index (κ2) is 13.1. The molecule has 3 rings (SSSR count). The number of hydrogen-bond acceptors (Lipinski definition) is 7. The lowest BCUT2D eigenvalue weighted by Gasteiger charge is -2.22. The average molecular weight is 507 g/mol. The third-order valence-corrected chi connectivity index (χ3v) is 5.89. The molecule has 0 aromatic heterocycles. The zero-order chi connectivity index (χ0) is 24.7. The molecule has 0 spiro atoms. The van der Waals surface area contributed by atoms with Crippen LogP contribution >= 0.6 is 12.4 Å². The van der Waals surface area contributed by atoms with E-state index in [9.17, 15) is 4.79 Å². The van der Waals surface area contributed by atoms with Gasteiger partial charge in [0.1, 0.15) is 0 Å². The number of amides is 1. The highest BCUT2D eigenvalue weighted by atomic mass is 35.5. The Kier molecular flexibility index (Phi) is 10.5. The van der Waals surface area contributed by atoms with E-state index in [2.05, 4.69) is 11.4 Å². The quantitative estimate of drug-likeness (QED) is 0.534. The number of carbonyl (C=O) groups excluding carboxylic acids is 1. The molecule has 192 valence electrons. The molecule has 0 unspecified atom stereocenters. The fourth-order valence-electron chi connectivity index (χ4n) is 4.06. The van der Waals surface area contributed by atoms with Gasteiger partial charge in [-0.1, -0.05) is 12.1 Å². The van der Waals surface area contributed by atoms with Gasteiger partial charge in [-0.2, -0.15) is 0 Å². The number of rotatable bonds is 9. The summed E-state index contributed by atoms with van der Waals surface area (Å²) in [5, 5.41) is 3.04. The van der Waals surface area contributed by atoms with Crippen LogP contribution in [0, 0.1) is 0 Å². The molecule has 0 radical (unpaired) electrons. The van der Waals surface area contributed by atoms with E-state index in [0.717, 1.165) is 41.5 Å². The van der Waals surface area contributed by atoms with Crippen molar-refractivity contribution >= 4 is 24.1 Å². The number of methoxy groups -OCH3 is 4. The first-order valence-electron chi connectivity index (χ1n) is 11.3. The number of fused-ring (bicyclic) bond motifs is 1. The van der Waals surface area contributed by atoms with Gasteiger partial charge in [-0.3, -0.25) is 0 Å². The Bertz CT molecular complexity index is 1030. The van der Waals surface area contributed by atoms with Gasteiger partial charge in [0.25, 0.3) is 0 Å². The van der Waals surface area contributed by atoms with Crippen molar-refractivity contribution in [1.29, 1.82) is 0 Å². The molecule has 0 atom stereocenters. The molecular weight excluding hydrogens is 472 g/mol. The molecule has 1 aliphatic carbocycles. The first-order valence-corrected chi connectivity index (χ1v) is 11.3. The molecule has 0 bridgehead atoms. The normalized spacial score (nSPS) is 12.3. The lowest BCUT2D eigenvalue weighted by Crippen LogP contribution is -2.35. The summed E-state index contributed by atoms with van der Waals surface area (Å²) in [6.07, 6.45) is 4.31. The van der Waals surface area contributed by atoms with Crippen molar-refractivity contribution in [3.05, 3.63) is 47.0 Å². The zero-order valence-corrected chi connectivity index (χ0v) is 22.0. The van der Waals surface area contributed by atoms with Gasteiger partial charge in [-0.05, 0) is 61.2 Å². The highest BCUT2D eigenvalue weighted by molar-refractivity contribution is 5.86. The van der Waals surface area contributed by atoms with Crippen molar-refractivity contribution in [3.8, 4) is 28.7 Å². The molecule has 9 heteroatoms. The summed E-state index contributed by atoms with van der Waals surface area (Å²) in [5.41, 5.74) is 3.85. The lowest BCUT2D eigenvalue weighted by molar-refractivity contribution is 0.161. The Morgan fingerprint density at radius 3 is 2.20 bits per heavy atom. The molecule has 0 saturated heterocycles. The first-order chi connectivity index (χ1) is 16.5. The highest BCUT2D eigenvalue weighted by Gasteiger charge is 2.25. The van der Waals surface area contributed by atoms with Crippen LogP contribution in [0.1, 0.15) is 29.5 Å². The molecular formula is C26H35ClN2O6. The first kappa shape index (κ1) is 28.1. The second-order valence-corrected chi connectivity index (χ2v) is 7.94. The standard InChI is InChI=1S/C26H34N2O6.ClH/c1-27-13-14-28(2)26(29)34-24-20-10-8-7-9-18(19(20)11-12-21(24)30-3)17-15-22(31-4)25(33-6)23(16-17)32-5;/h9,11-12,15-16,27H,7-8,10,13-14H2,1-6H3;1H. The highest BCUT2D eigenvalue weighted by Crippen LogP contribution is 2.45. The van der Waals surface area contributed by atoms with Crippen molar-refractivity contribution in [2.24, 2.45) is 0 Å². The van der Waals surface area contributed by atoms with Gasteiger partial charge in [-0.25, -0.2) is 4.79 Å². The summed E-state index contributed by atoms with van der Waals surface area (Å²) in [6, 6.07) is 7.72. The van der Waals surface area contributed by atoms with Crippen molar-refractivity contribution < 1.29 is 28.5 Å². The fourth-order valence-corrected chi connectivity index (χ4v) is 4.06. The Hall–Kier alpha value is -3.10. The van der Waals surface area contributed by atoms with Crippen LogP contribution in [0.25, 0.3) is 5.57 Å². The number of carbonyl (C=O) groups is 1. The van der Waals surface area contributed by atoms with Gasteiger partial charge >= 0.3 is 6.09 Å². The SMILES string of the molecule is CNCCN(C)C(=O)Oc1c(OC)ccc2c1CCCC=C2c1cc(OC)c(OC)c(OC)c1.Cl. The van der Waals surface area contributed by atoms with Crippen molar-refractivity contribution in [2.75, 3.05) is 55.6 Å². The van der Waals surface area contributed by atoms with E-state index in [1.54, 1.807) is 40.4 Å². The number of benzene rings is 2. The number of nitrogens with one attached hydrogen (secondary N) is 1. The number of hydrogen-bond donors (Lipinski definition) is 1. The lowest BCUT2D eigenvalue weighted by atomic mass is 9.92. The van der Waals surface area contributed by atoms with Gasteiger partial charge in [0.05, 0.1) is 28.4 Å². The number of ether oxygens (including phenoxy) is 5. The zero-order valence-electron chi connectivity index (χ0n) is 21.2. The minimum atomic E-state index is -0.426. The van der Waals surface area contributed by atoms with Crippen LogP contribution in [-0.2, 0) is 6.42 Å². The van der Waals surface area contributed by atoms with Gasteiger partial charge < -0.3 is 33.9 Å². The monoisotopic (exact) mass is 506 g/mol. The predicted molar refractivity (Wildman–Crippen MR) is 139 cm³/mol. The smallest absolute Gasteiger partial charge is 0.415 e. The van der Waals surface area contributed by atoms with Crippen molar-refractivity contribution in [3.63, 3.8) is 0 Å². The molecule has 0 saturated carbocycles. The maximum Gasteiger partial charge on any atom is 0.415 e. The van der Waals surface area contributed by atoms with Crippen LogP contribution in [0.15, 0.2) is 30.3 Å². The van der Waals surface area contributed by atoms with Gasteiger partial charge in [0.15, 0.2) is 23.0 Å². The molecule has 0 heterocycles. The van der Waals surface area contributed by atoms with Crippen LogP contribution in [-0.4, -0.2) is 66.6 Å². The molecule has 2 aromatic carbocycles. The summed E-state index contributed by atoms with van der Waals surface area (Å²) in [4.78, 5) is 14.3. The Labute approximate surface area is 213 Å². The molecule has 1 N–H and O–H groups in total. The summed E-state index contributed by atoms with van der Waals surface area (Å²) >= 11 is 0. The summed E-state index contributed by atoms with van der Waals surface area (Å²) in [7, 11) is 9.93. The van der Waals surface area contributed by atoms with E-state index in [1.165, 1.54) is 0 Å². The number of likely N-dealkylation sites (N-methyl/N-ethyl adjacent to an activating group) is 2. The molecule has 8 nitrogen and oxygen atoms in total. The van der Waals surface area contributed by atoms with Crippen molar-refractivity contribution in [1.82, 2.24) is 10.2 Å². The average Bonchev–Trinajstić information content (AvgIpc) is 3.09. The van der Waals surface area contributed by atoms with Crippen LogP contribution in [0.3, 0.4) is 0 Å². The molecule has 1 amide bonds. The number of allylic oxidation sites excluding steroid dienone is 1. The van der Waals surface area contributed by atoms with Crippen LogP contribution in [0.5, 0.6) is 28.7 Å². The summed E-state index contributed by atoms with van der Waals surface area (Å²) in [6.45, 7) is 1.20. The fraction of sp³-hybridized carbons (Fsp3) is 0.423. The van der Waals surface area contributed by atoms with Gasteiger partial charge in [-0.15, -0.1) is 12.4 Å². The van der Waals surface area contributed by atoms with Gasteiger partial charge in [0.2, 0.25) is 5.75 Å². The third kappa shape index (κ3) is 6.13. The number of halogens is 1. The minimum absolute atomic E-state index is 0. The Balaban J connectivity index is 0.00000432. The maximum absolute atomic E-state index is 12.8. The Morgan fingerprint density at radius 2 is 1.63 bits per heavy atom. The predicted octanol–water partition coefficient (Wildman–Crippen LogP) is 4.56. The largest absolute Gasteiger partial charge is 0.493 e. The molecule has 0 aliphatic heterocycles. The van der Waals surface area contributed by atoms with Crippen LogP contribution < -0.4 is 29.0 Å². The third-order valence-electron chi connectivity index (χ3n) is 5.89. The van der Waals surface area contributed by atoms with E-state index in [1.807, 2.05) is 31.3 Å². The van der Waals surface area contributed by atoms with Crippen LogP contribution in [0.4, 0.5) is 4.79 Å². The van der Waals surface area contributed by atoms with E-state index in [-0.39, 0.29) is 12.4 Å². The summed E-state index contributed by atoms with van der Waals surface area (Å²) < 4.78 is 28.1. The minimum Gasteiger partial charge on any atom is -0.493 e. The molecule has 35 heavy (non-hydrogen) atoms. The van der Waals surface area contributed by atoms with E-state index in [0.29, 0.717) is 41.8 Å². The van der Waals surface area contributed by atoms with Crippen molar-refractivity contribution in [2.45, 2.75) is 19.3 Å². The molecule has 2 aromatic rings. The van der Waals surface area contributed by atoms with E-state index >= 15 is 0 Å².